The molecule has 0 spiro atoms. The van der Waals surface area contributed by atoms with Gasteiger partial charge in [-0.1, -0.05) is 51.2 Å². The third kappa shape index (κ3) is 10.9. The first-order valence-corrected chi connectivity index (χ1v) is 11.8. The number of carbonyl (C=O) groups is 3. The molecular formula is C25H40O7. The van der Waals surface area contributed by atoms with Crippen LogP contribution in [-0.4, -0.2) is 42.3 Å². The molecule has 0 aromatic heterocycles. The van der Waals surface area contributed by atoms with E-state index in [4.69, 9.17) is 9.47 Å². The van der Waals surface area contributed by atoms with Gasteiger partial charge in [-0.05, 0) is 31.3 Å². The third-order valence-corrected chi connectivity index (χ3v) is 5.58. The number of unbranched alkanes of at least 4 members (excludes halogenated alkanes) is 5. The summed E-state index contributed by atoms with van der Waals surface area (Å²) in [7, 11) is 1.39. The van der Waals surface area contributed by atoms with Gasteiger partial charge >= 0.3 is 17.9 Å². The maximum Gasteiger partial charge on any atom is 0.307 e. The summed E-state index contributed by atoms with van der Waals surface area (Å²) < 4.78 is 15.7. The van der Waals surface area contributed by atoms with Gasteiger partial charge in [0.2, 0.25) is 0 Å². The standard InChI is InChI=1S/C25H40O7/c1-5-6-9-12-20(28)15-16-22-21(13-10-7-8-11-14-25(29)30-4)23(31-18(2)26)17-24(22)32-19(3)27/h15-16,20,22,24,28H,5-14,17H2,1-4H3/b16-15+/t20-,22+,24+/m0/s1. The van der Waals surface area contributed by atoms with Crippen molar-refractivity contribution in [2.75, 3.05) is 7.11 Å². The molecule has 0 amide bonds. The van der Waals surface area contributed by atoms with E-state index in [9.17, 15) is 19.5 Å². The summed E-state index contributed by atoms with van der Waals surface area (Å²) in [6.07, 6.45) is 11.3. The molecule has 182 valence electrons. The van der Waals surface area contributed by atoms with Gasteiger partial charge in [-0.3, -0.25) is 14.4 Å². The molecule has 0 fully saturated rings. The first-order chi connectivity index (χ1) is 15.3. The van der Waals surface area contributed by atoms with Crippen LogP contribution in [0.1, 0.15) is 91.4 Å². The lowest BCUT2D eigenvalue weighted by molar-refractivity contribution is -0.147. The zero-order valence-electron chi connectivity index (χ0n) is 20.1. The molecule has 0 saturated heterocycles. The fraction of sp³-hybridized carbons (Fsp3) is 0.720. The highest BCUT2D eigenvalue weighted by atomic mass is 16.6. The first-order valence-electron chi connectivity index (χ1n) is 11.8. The Morgan fingerprint density at radius 1 is 1.06 bits per heavy atom. The van der Waals surface area contributed by atoms with Gasteiger partial charge in [0.15, 0.2) is 0 Å². The van der Waals surface area contributed by atoms with E-state index in [0.29, 0.717) is 31.4 Å². The Kier molecular flexibility index (Phi) is 13.6. The minimum Gasteiger partial charge on any atom is -0.469 e. The Morgan fingerprint density at radius 3 is 2.41 bits per heavy atom. The van der Waals surface area contributed by atoms with Crippen LogP contribution in [0.2, 0.25) is 0 Å². The van der Waals surface area contributed by atoms with Crippen molar-refractivity contribution in [2.24, 2.45) is 5.92 Å². The smallest absolute Gasteiger partial charge is 0.307 e. The lowest BCUT2D eigenvalue weighted by atomic mass is 9.93. The molecule has 0 aromatic rings. The SMILES string of the molecule is CCCCC[C@H](O)/C=C/[C@@H]1C(CCCCCCC(=O)OC)=C(OC(C)=O)C[C@H]1OC(C)=O. The first kappa shape index (κ1) is 27.9. The van der Waals surface area contributed by atoms with E-state index in [1.165, 1.54) is 21.0 Å². The van der Waals surface area contributed by atoms with Crippen LogP contribution in [-0.2, 0) is 28.6 Å². The Labute approximate surface area is 192 Å². The maximum atomic E-state index is 11.6. The molecule has 1 aliphatic rings. The van der Waals surface area contributed by atoms with Crippen LogP contribution < -0.4 is 0 Å². The average Bonchev–Trinajstić information content (AvgIpc) is 3.03. The van der Waals surface area contributed by atoms with Crippen LogP contribution >= 0.6 is 0 Å². The summed E-state index contributed by atoms with van der Waals surface area (Å²) in [5.74, 6) is -0.658. The minimum atomic E-state index is -0.558. The van der Waals surface area contributed by atoms with Gasteiger partial charge in [0.25, 0.3) is 0 Å². The number of hydrogen-bond acceptors (Lipinski definition) is 7. The van der Waals surface area contributed by atoms with Gasteiger partial charge in [0, 0.05) is 32.6 Å². The highest BCUT2D eigenvalue weighted by Gasteiger charge is 2.37. The van der Waals surface area contributed by atoms with E-state index in [0.717, 1.165) is 50.5 Å². The molecule has 0 aliphatic heterocycles. The normalized spacial score (nSPS) is 19.3. The minimum absolute atomic E-state index is 0.201. The van der Waals surface area contributed by atoms with E-state index >= 15 is 0 Å². The van der Waals surface area contributed by atoms with Crippen LogP contribution in [0.3, 0.4) is 0 Å². The van der Waals surface area contributed by atoms with Crippen LogP contribution in [0.4, 0.5) is 0 Å². The fourth-order valence-corrected chi connectivity index (χ4v) is 3.99. The maximum absolute atomic E-state index is 11.6. The molecule has 0 aromatic carbocycles. The van der Waals surface area contributed by atoms with Gasteiger partial charge in [0.1, 0.15) is 11.9 Å². The quantitative estimate of drug-likeness (QED) is 0.165. The van der Waals surface area contributed by atoms with Crippen molar-refractivity contribution >= 4 is 17.9 Å². The number of rotatable bonds is 15. The predicted molar refractivity (Wildman–Crippen MR) is 121 cm³/mol. The van der Waals surface area contributed by atoms with Crippen molar-refractivity contribution in [3.63, 3.8) is 0 Å². The molecule has 32 heavy (non-hydrogen) atoms. The van der Waals surface area contributed by atoms with Crippen molar-refractivity contribution in [1.29, 1.82) is 0 Å². The van der Waals surface area contributed by atoms with Crippen molar-refractivity contribution in [3.05, 3.63) is 23.5 Å². The summed E-state index contributed by atoms with van der Waals surface area (Å²) >= 11 is 0. The topological polar surface area (TPSA) is 99.1 Å². The lowest BCUT2D eigenvalue weighted by Gasteiger charge is -2.20. The number of hydrogen-bond donors (Lipinski definition) is 1. The number of esters is 3. The molecule has 7 heteroatoms. The van der Waals surface area contributed by atoms with Crippen molar-refractivity contribution in [3.8, 4) is 0 Å². The molecule has 0 bridgehead atoms. The van der Waals surface area contributed by atoms with Gasteiger partial charge in [-0.15, -0.1) is 0 Å². The molecule has 1 rings (SSSR count). The Bertz CT molecular complexity index is 665. The summed E-state index contributed by atoms with van der Waals surface area (Å²) in [6, 6.07) is 0. The van der Waals surface area contributed by atoms with E-state index in [1.54, 1.807) is 6.08 Å². The highest BCUT2D eigenvalue weighted by Crippen LogP contribution is 2.39. The van der Waals surface area contributed by atoms with Gasteiger partial charge in [-0.2, -0.15) is 0 Å². The summed E-state index contributed by atoms with van der Waals surface area (Å²) in [6.45, 7) is 4.84. The van der Waals surface area contributed by atoms with Crippen molar-refractivity contribution in [1.82, 2.24) is 0 Å². The summed E-state index contributed by atoms with van der Waals surface area (Å²) in [5, 5.41) is 10.3. The molecule has 0 heterocycles. The van der Waals surface area contributed by atoms with E-state index in [1.807, 2.05) is 6.08 Å². The van der Waals surface area contributed by atoms with E-state index in [2.05, 4.69) is 11.7 Å². The molecule has 1 aliphatic carbocycles. The number of ether oxygens (including phenoxy) is 3. The number of carbonyl (C=O) groups excluding carboxylic acids is 3. The Hall–Kier alpha value is -2.15. The molecule has 0 saturated carbocycles. The van der Waals surface area contributed by atoms with Crippen molar-refractivity contribution in [2.45, 2.75) is 104 Å². The van der Waals surface area contributed by atoms with Crippen LogP contribution in [0.5, 0.6) is 0 Å². The van der Waals surface area contributed by atoms with Crippen LogP contribution in [0, 0.1) is 5.92 Å². The second kappa shape index (κ2) is 15.6. The van der Waals surface area contributed by atoms with Crippen LogP contribution in [0.25, 0.3) is 0 Å². The number of aliphatic hydroxyl groups is 1. The van der Waals surface area contributed by atoms with Gasteiger partial charge < -0.3 is 19.3 Å². The highest BCUT2D eigenvalue weighted by molar-refractivity contribution is 5.69. The molecule has 1 N–H and O–H groups in total. The van der Waals surface area contributed by atoms with E-state index in [-0.39, 0.29) is 17.9 Å². The summed E-state index contributed by atoms with van der Waals surface area (Å²) in [5.41, 5.74) is 0.941. The monoisotopic (exact) mass is 452 g/mol. The Morgan fingerprint density at radius 2 is 1.78 bits per heavy atom. The largest absolute Gasteiger partial charge is 0.469 e. The number of methoxy groups -OCH3 is 1. The summed E-state index contributed by atoms with van der Waals surface area (Å²) in [4.78, 5) is 34.5. The predicted octanol–water partition coefficient (Wildman–Crippen LogP) is 4.77. The fourth-order valence-electron chi connectivity index (χ4n) is 3.99. The Balaban J connectivity index is 2.84. The number of aliphatic hydroxyl groups excluding tert-OH is 1. The van der Waals surface area contributed by atoms with Crippen molar-refractivity contribution < 1.29 is 33.7 Å². The zero-order valence-corrected chi connectivity index (χ0v) is 20.1. The van der Waals surface area contributed by atoms with Crippen LogP contribution in [0.15, 0.2) is 23.5 Å². The second-order valence-corrected chi connectivity index (χ2v) is 8.36. The molecule has 7 nitrogen and oxygen atoms in total. The third-order valence-electron chi connectivity index (χ3n) is 5.58. The van der Waals surface area contributed by atoms with E-state index < -0.39 is 18.2 Å². The van der Waals surface area contributed by atoms with Gasteiger partial charge in [0.05, 0.1) is 13.2 Å². The molecule has 3 atom stereocenters. The molecule has 0 unspecified atom stereocenters. The molecule has 0 radical (unpaired) electrons. The average molecular weight is 453 g/mol. The second-order valence-electron chi connectivity index (χ2n) is 8.36. The lowest BCUT2D eigenvalue weighted by Crippen LogP contribution is -2.22. The molecular weight excluding hydrogens is 412 g/mol. The zero-order chi connectivity index (χ0) is 23.9. The van der Waals surface area contributed by atoms with Gasteiger partial charge in [-0.25, -0.2) is 0 Å².